The van der Waals surface area contributed by atoms with Gasteiger partial charge in [0.1, 0.15) is 5.82 Å². The maximum atomic E-state index is 4.85. The Balaban J connectivity index is 2.43. The van der Waals surface area contributed by atoms with Gasteiger partial charge in [0.25, 0.3) is 0 Å². The molecule has 0 saturated heterocycles. The van der Waals surface area contributed by atoms with Crippen molar-refractivity contribution in [3.8, 4) is 0 Å². The number of hydrogen-bond donors (Lipinski definition) is 1. The second kappa shape index (κ2) is 6.40. The first-order valence-electron chi connectivity index (χ1n) is 7.64. The van der Waals surface area contributed by atoms with Gasteiger partial charge in [0.15, 0.2) is 0 Å². The zero-order valence-corrected chi connectivity index (χ0v) is 13.5. The Kier molecular flexibility index (Phi) is 4.81. The summed E-state index contributed by atoms with van der Waals surface area (Å²) in [5, 5.41) is 3.22. The van der Waals surface area contributed by atoms with E-state index < -0.39 is 0 Å². The molecule has 110 valence electrons. The van der Waals surface area contributed by atoms with E-state index in [1.165, 1.54) is 28.9 Å². The normalized spacial score (nSPS) is 11.7. The van der Waals surface area contributed by atoms with Crippen molar-refractivity contribution in [3.05, 3.63) is 29.1 Å². The van der Waals surface area contributed by atoms with Crippen LogP contribution in [0.3, 0.4) is 0 Å². The predicted octanol–water partition coefficient (Wildman–Crippen LogP) is 3.46. The summed E-state index contributed by atoms with van der Waals surface area (Å²) in [5.41, 5.74) is 5.11. The molecule has 2 aromatic rings. The van der Waals surface area contributed by atoms with Crippen LogP contribution in [-0.4, -0.2) is 23.1 Å². The maximum absolute atomic E-state index is 4.85. The largest absolute Gasteiger partial charge is 0.328 e. The number of hydrogen-bond acceptors (Lipinski definition) is 2. The first kappa shape index (κ1) is 15.0. The fraction of sp³-hybridized carbons (Fsp3) is 0.588. The van der Waals surface area contributed by atoms with Crippen molar-refractivity contribution < 1.29 is 0 Å². The summed E-state index contributed by atoms with van der Waals surface area (Å²) in [6.07, 6.45) is 2.19. The van der Waals surface area contributed by atoms with Crippen molar-refractivity contribution >= 4 is 11.0 Å². The number of aryl methyl sites for hydroxylation is 3. The summed E-state index contributed by atoms with van der Waals surface area (Å²) in [5.74, 6) is 1.93. The number of likely N-dealkylation sites (N-methyl/N-ethyl adjacent to an activating group) is 1. The fourth-order valence-corrected chi connectivity index (χ4v) is 2.49. The fourth-order valence-electron chi connectivity index (χ4n) is 2.49. The lowest BCUT2D eigenvalue weighted by atomic mass is 10.1. The molecule has 3 heteroatoms. The van der Waals surface area contributed by atoms with E-state index in [2.05, 4.69) is 49.7 Å². The Bertz CT molecular complexity index is 581. The van der Waals surface area contributed by atoms with Crippen molar-refractivity contribution in [2.45, 2.75) is 47.1 Å². The van der Waals surface area contributed by atoms with Gasteiger partial charge in [-0.25, -0.2) is 4.98 Å². The summed E-state index contributed by atoms with van der Waals surface area (Å²) >= 11 is 0. The van der Waals surface area contributed by atoms with E-state index in [1.54, 1.807) is 0 Å². The van der Waals surface area contributed by atoms with Gasteiger partial charge < -0.3 is 9.88 Å². The van der Waals surface area contributed by atoms with Gasteiger partial charge >= 0.3 is 0 Å². The molecule has 0 amide bonds. The number of rotatable bonds is 6. The molecule has 0 atom stereocenters. The molecule has 0 aliphatic rings. The second-order valence-electron chi connectivity index (χ2n) is 6.14. The summed E-state index contributed by atoms with van der Waals surface area (Å²) in [6.45, 7) is 10.9. The van der Waals surface area contributed by atoms with Gasteiger partial charge in [-0.2, -0.15) is 0 Å². The highest BCUT2D eigenvalue weighted by atomic mass is 15.1. The van der Waals surface area contributed by atoms with Crippen LogP contribution < -0.4 is 5.32 Å². The van der Waals surface area contributed by atoms with Crippen molar-refractivity contribution in [1.82, 2.24) is 14.9 Å². The first-order chi connectivity index (χ1) is 9.52. The minimum atomic E-state index is 0.719. The van der Waals surface area contributed by atoms with Crippen LogP contribution in [0.15, 0.2) is 12.1 Å². The van der Waals surface area contributed by atoms with Crippen LogP contribution in [0.5, 0.6) is 0 Å². The van der Waals surface area contributed by atoms with Gasteiger partial charge in [-0.05, 0) is 56.5 Å². The van der Waals surface area contributed by atoms with Crippen molar-refractivity contribution in [1.29, 1.82) is 0 Å². The number of imidazole rings is 1. The Hall–Kier alpha value is -1.35. The molecule has 0 bridgehead atoms. The van der Waals surface area contributed by atoms with Gasteiger partial charge in [0.2, 0.25) is 0 Å². The molecule has 3 nitrogen and oxygen atoms in total. The number of benzene rings is 1. The maximum Gasteiger partial charge on any atom is 0.111 e. The molecule has 20 heavy (non-hydrogen) atoms. The molecule has 0 radical (unpaired) electrons. The van der Waals surface area contributed by atoms with Crippen molar-refractivity contribution in [2.75, 3.05) is 13.6 Å². The highest BCUT2D eigenvalue weighted by molar-refractivity contribution is 5.78. The average molecular weight is 273 g/mol. The molecule has 2 rings (SSSR count). The van der Waals surface area contributed by atoms with Crippen LogP contribution in [-0.2, 0) is 13.0 Å². The lowest BCUT2D eigenvalue weighted by molar-refractivity contribution is 0.510. The minimum Gasteiger partial charge on any atom is -0.328 e. The minimum absolute atomic E-state index is 0.719. The first-order valence-corrected chi connectivity index (χ1v) is 7.64. The topological polar surface area (TPSA) is 29.9 Å². The second-order valence-corrected chi connectivity index (χ2v) is 6.14. The van der Waals surface area contributed by atoms with Gasteiger partial charge in [-0.3, -0.25) is 0 Å². The molecule has 1 aromatic heterocycles. The van der Waals surface area contributed by atoms with E-state index in [0.717, 1.165) is 30.9 Å². The zero-order chi connectivity index (χ0) is 14.7. The van der Waals surface area contributed by atoms with Gasteiger partial charge in [-0.1, -0.05) is 13.8 Å². The third kappa shape index (κ3) is 3.21. The molecule has 1 N–H and O–H groups in total. The third-order valence-electron chi connectivity index (χ3n) is 3.97. The van der Waals surface area contributed by atoms with Crippen molar-refractivity contribution in [2.24, 2.45) is 5.92 Å². The Morgan fingerprint density at radius 3 is 2.55 bits per heavy atom. The average Bonchev–Trinajstić information content (AvgIpc) is 2.71. The van der Waals surface area contributed by atoms with E-state index in [4.69, 9.17) is 4.98 Å². The van der Waals surface area contributed by atoms with E-state index >= 15 is 0 Å². The highest BCUT2D eigenvalue weighted by Gasteiger charge is 2.12. The molecule has 0 spiro atoms. The number of nitrogens with one attached hydrogen (secondary N) is 1. The summed E-state index contributed by atoms with van der Waals surface area (Å²) < 4.78 is 2.42. The Morgan fingerprint density at radius 2 is 1.90 bits per heavy atom. The Morgan fingerprint density at radius 1 is 1.20 bits per heavy atom. The van der Waals surface area contributed by atoms with Crippen LogP contribution in [0, 0.1) is 19.8 Å². The molecule has 0 fully saturated rings. The summed E-state index contributed by atoms with van der Waals surface area (Å²) in [6, 6.07) is 4.51. The van der Waals surface area contributed by atoms with E-state index in [-0.39, 0.29) is 0 Å². The third-order valence-corrected chi connectivity index (χ3v) is 3.97. The van der Waals surface area contributed by atoms with E-state index in [9.17, 15) is 0 Å². The Labute approximate surface area is 122 Å². The smallest absolute Gasteiger partial charge is 0.111 e. The van der Waals surface area contributed by atoms with Gasteiger partial charge in [0, 0.05) is 19.5 Å². The lowest BCUT2D eigenvalue weighted by Crippen LogP contribution is -2.14. The quantitative estimate of drug-likeness (QED) is 0.873. The molecule has 0 aliphatic heterocycles. The van der Waals surface area contributed by atoms with Gasteiger partial charge in [-0.15, -0.1) is 0 Å². The van der Waals surface area contributed by atoms with Crippen LogP contribution in [0.1, 0.15) is 37.2 Å². The molecule has 0 aliphatic carbocycles. The van der Waals surface area contributed by atoms with Crippen LogP contribution >= 0.6 is 0 Å². The molecular weight excluding hydrogens is 246 g/mol. The highest BCUT2D eigenvalue weighted by Crippen LogP contribution is 2.22. The molecule has 0 saturated carbocycles. The van der Waals surface area contributed by atoms with Crippen LogP contribution in [0.4, 0.5) is 0 Å². The lowest BCUT2D eigenvalue weighted by Gasteiger charge is -2.11. The molecule has 0 unspecified atom stereocenters. The number of aromatic nitrogens is 2. The monoisotopic (exact) mass is 273 g/mol. The molecule has 1 heterocycles. The van der Waals surface area contributed by atoms with Crippen molar-refractivity contribution in [3.63, 3.8) is 0 Å². The number of nitrogens with zero attached hydrogens (tertiary/aromatic N) is 2. The molecular formula is C17H27N3. The zero-order valence-electron chi connectivity index (χ0n) is 13.5. The number of fused-ring (bicyclic) bond motifs is 1. The van der Waals surface area contributed by atoms with E-state index in [1.807, 2.05) is 7.05 Å². The van der Waals surface area contributed by atoms with Crippen LogP contribution in [0.2, 0.25) is 0 Å². The van der Waals surface area contributed by atoms with Gasteiger partial charge in [0.05, 0.1) is 11.0 Å². The predicted molar refractivity (Wildman–Crippen MR) is 86.3 cm³/mol. The van der Waals surface area contributed by atoms with Crippen LogP contribution in [0.25, 0.3) is 11.0 Å². The molecule has 1 aromatic carbocycles. The van der Waals surface area contributed by atoms with E-state index in [0.29, 0.717) is 0 Å². The standard InChI is InChI=1S/C17H27N3/c1-12(2)7-9-20-16-11-14(4)13(3)10-15(16)19-17(20)6-8-18-5/h10-12,18H,6-9H2,1-5H3. The summed E-state index contributed by atoms with van der Waals surface area (Å²) in [7, 11) is 2.00. The SMILES string of the molecule is CNCCc1nc2cc(C)c(C)cc2n1CCC(C)C. The summed E-state index contributed by atoms with van der Waals surface area (Å²) in [4.78, 5) is 4.85.